The van der Waals surface area contributed by atoms with Gasteiger partial charge >= 0.3 is 0 Å². The van der Waals surface area contributed by atoms with Crippen molar-refractivity contribution in [3.63, 3.8) is 0 Å². The summed E-state index contributed by atoms with van der Waals surface area (Å²) < 4.78 is 12.1. The molecule has 0 spiro atoms. The van der Waals surface area contributed by atoms with Gasteiger partial charge in [0, 0.05) is 22.8 Å². The van der Waals surface area contributed by atoms with Crippen molar-refractivity contribution >= 4 is 33.2 Å². The van der Waals surface area contributed by atoms with Crippen molar-refractivity contribution in [3.8, 4) is 11.5 Å². The second-order valence-corrected chi connectivity index (χ2v) is 8.05. The van der Waals surface area contributed by atoms with E-state index < -0.39 is 0 Å². The third kappa shape index (κ3) is 5.51. The maximum absolute atomic E-state index is 12.5. The largest absolute Gasteiger partial charge is 0.493 e. The maximum Gasteiger partial charge on any atom is 0.258 e. The number of fused-ring (bicyclic) bond motifs is 1. The Kier molecular flexibility index (Phi) is 7.30. The summed E-state index contributed by atoms with van der Waals surface area (Å²) in [6, 6.07) is 13.2. The molecule has 0 aliphatic heterocycles. The number of methoxy groups -OCH3 is 1. The summed E-state index contributed by atoms with van der Waals surface area (Å²) in [5, 5.41) is 9.09. The van der Waals surface area contributed by atoms with Crippen LogP contribution in [0.1, 0.15) is 29.8 Å². The maximum atomic E-state index is 12.5. The van der Waals surface area contributed by atoms with Crippen molar-refractivity contribution < 1.29 is 19.1 Å². The van der Waals surface area contributed by atoms with Crippen LogP contribution in [-0.4, -0.2) is 38.1 Å². The molecule has 0 aliphatic rings. The molecule has 0 aliphatic carbocycles. The first-order valence-corrected chi connectivity index (χ1v) is 10.7. The van der Waals surface area contributed by atoms with Gasteiger partial charge in [-0.05, 0) is 60.9 Å². The second-order valence-electron chi connectivity index (χ2n) is 7.14. The summed E-state index contributed by atoms with van der Waals surface area (Å²) in [5.41, 5.74) is 1.71. The monoisotopic (exact) mass is 426 g/mol. The van der Waals surface area contributed by atoms with E-state index in [-0.39, 0.29) is 24.5 Å². The van der Waals surface area contributed by atoms with Gasteiger partial charge in [0.1, 0.15) is 0 Å². The number of amides is 2. The van der Waals surface area contributed by atoms with Gasteiger partial charge in [-0.3, -0.25) is 9.59 Å². The predicted octanol–water partition coefficient (Wildman–Crippen LogP) is 3.79. The Morgan fingerprint density at radius 1 is 1.10 bits per heavy atom. The van der Waals surface area contributed by atoms with Gasteiger partial charge in [-0.2, -0.15) is 0 Å². The Morgan fingerprint density at radius 2 is 1.90 bits per heavy atom. The fourth-order valence-corrected chi connectivity index (χ4v) is 4.07. The number of hydrogen-bond donors (Lipinski definition) is 2. The van der Waals surface area contributed by atoms with Crippen LogP contribution in [0.15, 0.2) is 47.8 Å². The van der Waals surface area contributed by atoms with Gasteiger partial charge in [-0.25, -0.2) is 0 Å². The molecule has 0 bridgehead atoms. The minimum Gasteiger partial charge on any atom is -0.493 e. The van der Waals surface area contributed by atoms with Crippen molar-refractivity contribution in [2.75, 3.05) is 20.3 Å². The Morgan fingerprint density at radius 3 is 2.67 bits per heavy atom. The van der Waals surface area contributed by atoms with Gasteiger partial charge in [-0.1, -0.05) is 18.2 Å². The first kappa shape index (κ1) is 21.6. The molecule has 3 aromatic rings. The van der Waals surface area contributed by atoms with E-state index >= 15 is 0 Å². The van der Waals surface area contributed by atoms with Crippen molar-refractivity contribution in [1.82, 2.24) is 10.6 Å². The molecule has 0 atom stereocenters. The number of benzene rings is 2. The molecule has 0 saturated heterocycles. The molecule has 1 heterocycles. The van der Waals surface area contributed by atoms with Crippen LogP contribution in [0.5, 0.6) is 11.5 Å². The first-order valence-electron chi connectivity index (χ1n) is 9.81. The van der Waals surface area contributed by atoms with Gasteiger partial charge in [-0.15, -0.1) is 11.3 Å². The van der Waals surface area contributed by atoms with E-state index in [0.29, 0.717) is 23.6 Å². The summed E-state index contributed by atoms with van der Waals surface area (Å²) in [4.78, 5) is 24.3. The fourth-order valence-electron chi connectivity index (χ4n) is 3.07. The summed E-state index contributed by atoms with van der Waals surface area (Å²) in [6.45, 7) is 4.18. The zero-order chi connectivity index (χ0) is 21.5. The van der Waals surface area contributed by atoms with E-state index in [1.54, 1.807) is 29.5 Å². The molecular formula is C23H26N2O4S. The van der Waals surface area contributed by atoms with Crippen LogP contribution < -0.4 is 20.1 Å². The van der Waals surface area contributed by atoms with Gasteiger partial charge in [0.25, 0.3) is 11.8 Å². The molecule has 158 valence electrons. The molecule has 30 heavy (non-hydrogen) atoms. The Labute approximate surface area is 180 Å². The molecule has 0 unspecified atom stereocenters. The van der Waals surface area contributed by atoms with Crippen LogP contribution in [-0.2, 0) is 11.2 Å². The molecule has 6 nitrogen and oxygen atoms in total. The van der Waals surface area contributed by atoms with Gasteiger partial charge < -0.3 is 20.1 Å². The molecule has 2 amide bonds. The molecule has 7 heteroatoms. The average Bonchev–Trinajstić information content (AvgIpc) is 3.14. The van der Waals surface area contributed by atoms with Crippen LogP contribution in [0.2, 0.25) is 0 Å². The van der Waals surface area contributed by atoms with Gasteiger partial charge in [0.2, 0.25) is 0 Å². The van der Waals surface area contributed by atoms with Crippen molar-refractivity contribution in [2.45, 2.75) is 26.3 Å². The molecule has 0 radical (unpaired) electrons. The number of thiophene rings is 1. The lowest BCUT2D eigenvalue weighted by molar-refractivity contribution is -0.123. The van der Waals surface area contributed by atoms with Crippen molar-refractivity contribution in [3.05, 3.63) is 59.0 Å². The highest BCUT2D eigenvalue weighted by molar-refractivity contribution is 7.17. The molecule has 2 N–H and O–H groups in total. The van der Waals surface area contributed by atoms with E-state index in [1.165, 1.54) is 22.8 Å². The lowest BCUT2D eigenvalue weighted by Gasteiger charge is -2.13. The van der Waals surface area contributed by atoms with Crippen LogP contribution in [0, 0.1) is 0 Å². The van der Waals surface area contributed by atoms with Crippen LogP contribution in [0.4, 0.5) is 0 Å². The second kappa shape index (κ2) is 10.1. The Balaban J connectivity index is 1.57. The van der Waals surface area contributed by atoms with Crippen LogP contribution >= 0.6 is 11.3 Å². The summed E-state index contributed by atoms with van der Waals surface area (Å²) in [6.07, 6.45) is 0.763. The number of nitrogens with one attached hydrogen (secondary N) is 2. The minimum absolute atomic E-state index is 0.0427. The third-order valence-electron chi connectivity index (χ3n) is 4.48. The summed E-state index contributed by atoms with van der Waals surface area (Å²) >= 11 is 1.71. The molecule has 1 aromatic heterocycles. The quantitative estimate of drug-likeness (QED) is 0.546. The zero-order valence-corrected chi connectivity index (χ0v) is 18.2. The van der Waals surface area contributed by atoms with E-state index in [2.05, 4.69) is 28.1 Å². The lowest BCUT2D eigenvalue weighted by Crippen LogP contribution is -2.34. The third-order valence-corrected chi connectivity index (χ3v) is 5.49. The van der Waals surface area contributed by atoms with E-state index in [9.17, 15) is 9.59 Å². The summed E-state index contributed by atoms with van der Waals surface area (Å²) in [7, 11) is 1.50. The molecule has 0 saturated carbocycles. The standard InChI is InChI=1S/C23H26N2O4S/c1-15(2)25-22(26)13-29-19-9-8-16(12-20(19)28-3)23(27)24-11-10-17-14-30-21-7-5-4-6-18(17)21/h4-9,12,14-15H,10-11,13H2,1-3H3,(H,24,27)(H,25,26). The van der Waals surface area contributed by atoms with Crippen LogP contribution in [0.3, 0.4) is 0 Å². The molecule has 3 rings (SSSR count). The van der Waals surface area contributed by atoms with Gasteiger partial charge in [0.15, 0.2) is 18.1 Å². The van der Waals surface area contributed by atoms with E-state index in [4.69, 9.17) is 9.47 Å². The topological polar surface area (TPSA) is 76.7 Å². The smallest absolute Gasteiger partial charge is 0.258 e. The summed E-state index contributed by atoms with van der Waals surface area (Å²) in [5.74, 6) is 0.424. The predicted molar refractivity (Wildman–Crippen MR) is 120 cm³/mol. The Bertz CT molecular complexity index is 1030. The number of carbonyl (C=O) groups excluding carboxylic acids is 2. The highest BCUT2D eigenvalue weighted by Gasteiger charge is 2.13. The number of rotatable bonds is 9. The Hall–Kier alpha value is -3.06. The van der Waals surface area contributed by atoms with Gasteiger partial charge in [0.05, 0.1) is 7.11 Å². The minimum atomic E-state index is -0.213. The number of carbonyl (C=O) groups is 2. The average molecular weight is 427 g/mol. The van der Waals surface area contributed by atoms with E-state index in [1.807, 2.05) is 26.0 Å². The van der Waals surface area contributed by atoms with Crippen molar-refractivity contribution in [1.29, 1.82) is 0 Å². The lowest BCUT2D eigenvalue weighted by atomic mass is 10.1. The SMILES string of the molecule is COc1cc(C(=O)NCCc2csc3ccccc23)ccc1OCC(=O)NC(C)C. The molecular weight excluding hydrogens is 400 g/mol. The number of ether oxygens (including phenoxy) is 2. The fraction of sp³-hybridized carbons (Fsp3) is 0.304. The van der Waals surface area contributed by atoms with Crippen LogP contribution in [0.25, 0.3) is 10.1 Å². The highest BCUT2D eigenvalue weighted by atomic mass is 32.1. The highest BCUT2D eigenvalue weighted by Crippen LogP contribution is 2.28. The molecule has 0 fully saturated rings. The first-order chi connectivity index (χ1) is 14.5. The van der Waals surface area contributed by atoms with E-state index in [0.717, 1.165) is 6.42 Å². The van der Waals surface area contributed by atoms with Crippen molar-refractivity contribution in [2.24, 2.45) is 0 Å². The molecule has 2 aromatic carbocycles. The normalized spacial score (nSPS) is 10.8. The number of hydrogen-bond acceptors (Lipinski definition) is 5. The zero-order valence-electron chi connectivity index (χ0n) is 17.4.